The standard InChI is InChI=1S/C17H18FN5O3/c1-2-14-13(9-19-23(14)12-7-3-10(18)4-8-12)15(24)21-22-17(26)16(25)20-11-5-6-11/h3-4,7-9,11H,2,5-6H2,1H3,(H,20,25)(H,21,24)(H,22,26). The van der Waals surface area contributed by atoms with Crippen LogP contribution in [0.4, 0.5) is 4.39 Å². The van der Waals surface area contributed by atoms with Crippen molar-refractivity contribution in [3.8, 4) is 5.69 Å². The van der Waals surface area contributed by atoms with Gasteiger partial charge in [0, 0.05) is 6.04 Å². The number of carbonyl (C=O) groups excluding carboxylic acids is 3. The molecule has 0 aliphatic heterocycles. The fraction of sp³-hybridized carbons (Fsp3) is 0.294. The van der Waals surface area contributed by atoms with Crippen molar-refractivity contribution in [1.29, 1.82) is 0 Å². The highest BCUT2D eigenvalue weighted by atomic mass is 19.1. The van der Waals surface area contributed by atoms with Crippen molar-refractivity contribution in [3.63, 3.8) is 0 Å². The van der Waals surface area contributed by atoms with Gasteiger partial charge in [-0.25, -0.2) is 9.07 Å². The zero-order chi connectivity index (χ0) is 18.7. The van der Waals surface area contributed by atoms with Crippen LogP contribution >= 0.6 is 0 Å². The number of amides is 3. The summed E-state index contributed by atoms with van der Waals surface area (Å²) in [6.07, 6.45) is 3.55. The van der Waals surface area contributed by atoms with E-state index in [2.05, 4.69) is 21.3 Å². The first kappa shape index (κ1) is 17.6. The molecule has 0 atom stereocenters. The molecule has 1 aromatic heterocycles. The van der Waals surface area contributed by atoms with E-state index in [9.17, 15) is 18.8 Å². The van der Waals surface area contributed by atoms with Crippen molar-refractivity contribution in [2.24, 2.45) is 0 Å². The van der Waals surface area contributed by atoms with Gasteiger partial charge in [0.15, 0.2) is 0 Å². The van der Waals surface area contributed by atoms with Crippen molar-refractivity contribution in [2.45, 2.75) is 32.2 Å². The monoisotopic (exact) mass is 359 g/mol. The number of aromatic nitrogens is 2. The summed E-state index contributed by atoms with van der Waals surface area (Å²) in [4.78, 5) is 35.5. The van der Waals surface area contributed by atoms with Crippen molar-refractivity contribution in [1.82, 2.24) is 25.9 Å². The number of nitrogens with one attached hydrogen (secondary N) is 3. The molecular weight excluding hydrogens is 341 g/mol. The van der Waals surface area contributed by atoms with Gasteiger partial charge in [0.1, 0.15) is 5.82 Å². The van der Waals surface area contributed by atoms with Crippen molar-refractivity contribution < 1.29 is 18.8 Å². The Hall–Kier alpha value is -3.23. The maximum absolute atomic E-state index is 13.1. The Bertz CT molecular complexity index is 843. The molecule has 26 heavy (non-hydrogen) atoms. The lowest BCUT2D eigenvalue weighted by atomic mass is 10.2. The van der Waals surface area contributed by atoms with Crippen LogP contribution in [0.25, 0.3) is 5.69 Å². The summed E-state index contributed by atoms with van der Waals surface area (Å²) in [5.41, 5.74) is 5.74. The maximum Gasteiger partial charge on any atom is 0.327 e. The predicted octanol–water partition coefficient (Wildman–Crippen LogP) is 0.613. The third-order valence-corrected chi connectivity index (χ3v) is 3.93. The molecule has 1 aliphatic carbocycles. The van der Waals surface area contributed by atoms with Gasteiger partial charge in [0.2, 0.25) is 0 Å². The van der Waals surface area contributed by atoms with E-state index >= 15 is 0 Å². The van der Waals surface area contributed by atoms with Crippen LogP contribution < -0.4 is 16.2 Å². The lowest BCUT2D eigenvalue weighted by Gasteiger charge is -2.09. The number of hydrazine groups is 1. The first-order chi connectivity index (χ1) is 12.5. The maximum atomic E-state index is 13.1. The zero-order valence-electron chi connectivity index (χ0n) is 14.1. The van der Waals surface area contributed by atoms with Gasteiger partial charge in [0.05, 0.1) is 23.1 Å². The zero-order valence-corrected chi connectivity index (χ0v) is 14.1. The predicted molar refractivity (Wildman–Crippen MR) is 89.7 cm³/mol. The van der Waals surface area contributed by atoms with Crippen molar-refractivity contribution in [3.05, 3.63) is 47.5 Å². The van der Waals surface area contributed by atoms with Crippen molar-refractivity contribution in [2.75, 3.05) is 0 Å². The summed E-state index contributed by atoms with van der Waals surface area (Å²) in [5, 5.41) is 6.68. The normalized spacial score (nSPS) is 13.2. The molecule has 3 N–H and O–H groups in total. The molecular formula is C17H18FN5O3. The topological polar surface area (TPSA) is 105 Å². The van der Waals surface area contributed by atoms with E-state index < -0.39 is 17.7 Å². The second kappa shape index (κ2) is 7.34. The number of hydrogen-bond donors (Lipinski definition) is 3. The molecule has 136 valence electrons. The molecule has 1 aliphatic rings. The molecule has 0 spiro atoms. The molecule has 0 unspecified atom stereocenters. The molecule has 1 heterocycles. The van der Waals surface area contributed by atoms with Gasteiger partial charge in [-0.1, -0.05) is 6.92 Å². The van der Waals surface area contributed by atoms with Crippen LogP contribution in [0.5, 0.6) is 0 Å². The Kier molecular flexibility index (Phi) is 4.97. The van der Waals surface area contributed by atoms with E-state index in [1.54, 1.807) is 12.1 Å². The molecule has 8 nitrogen and oxygen atoms in total. The average molecular weight is 359 g/mol. The quantitative estimate of drug-likeness (QED) is 0.549. The molecule has 2 aromatic rings. The average Bonchev–Trinajstić information content (AvgIpc) is 3.34. The summed E-state index contributed by atoms with van der Waals surface area (Å²) in [7, 11) is 0. The highest BCUT2D eigenvalue weighted by Crippen LogP contribution is 2.18. The van der Waals surface area contributed by atoms with Crippen LogP contribution in [-0.4, -0.2) is 33.5 Å². The minimum atomic E-state index is -0.936. The molecule has 1 fully saturated rings. The number of carbonyl (C=O) groups is 3. The second-order valence-corrected chi connectivity index (χ2v) is 5.90. The first-order valence-corrected chi connectivity index (χ1v) is 8.23. The molecule has 0 radical (unpaired) electrons. The Labute approximate surface area is 148 Å². The van der Waals surface area contributed by atoms with Gasteiger partial charge in [-0.05, 0) is 43.5 Å². The number of rotatable bonds is 4. The van der Waals surface area contributed by atoms with E-state index in [0.29, 0.717) is 17.8 Å². The van der Waals surface area contributed by atoms with Gasteiger partial charge in [-0.15, -0.1) is 0 Å². The molecule has 3 rings (SSSR count). The Balaban J connectivity index is 1.68. The summed E-state index contributed by atoms with van der Waals surface area (Å²) in [6.45, 7) is 1.84. The lowest BCUT2D eigenvalue weighted by Crippen LogP contribution is -2.49. The summed E-state index contributed by atoms with van der Waals surface area (Å²) in [6, 6.07) is 5.74. The van der Waals surface area contributed by atoms with Crippen LogP contribution in [0.1, 0.15) is 35.8 Å². The Morgan fingerprint density at radius 3 is 2.46 bits per heavy atom. The van der Waals surface area contributed by atoms with Crippen molar-refractivity contribution >= 4 is 17.7 Å². The third-order valence-electron chi connectivity index (χ3n) is 3.93. The van der Waals surface area contributed by atoms with E-state index in [1.165, 1.54) is 23.0 Å². The fourth-order valence-corrected chi connectivity index (χ4v) is 2.42. The van der Waals surface area contributed by atoms with E-state index in [-0.39, 0.29) is 17.4 Å². The van der Waals surface area contributed by atoms with E-state index in [4.69, 9.17) is 0 Å². The van der Waals surface area contributed by atoms with Gasteiger partial charge in [-0.3, -0.25) is 25.2 Å². The van der Waals surface area contributed by atoms with Crippen LogP contribution in [0.15, 0.2) is 30.5 Å². The molecule has 0 saturated heterocycles. The molecule has 9 heteroatoms. The van der Waals surface area contributed by atoms with Gasteiger partial charge in [0.25, 0.3) is 5.91 Å². The molecule has 3 amide bonds. The van der Waals surface area contributed by atoms with Gasteiger partial charge < -0.3 is 5.32 Å². The molecule has 0 bridgehead atoms. The molecule has 1 aromatic carbocycles. The summed E-state index contributed by atoms with van der Waals surface area (Å²) < 4.78 is 14.6. The Morgan fingerprint density at radius 1 is 1.15 bits per heavy atom. The SMILES string of the molecule is CCc1c(C(=O)NNC(=O)C(=O)NC2CC2)cnn1-c1ccc(F)cc1. The summed E-state index contributed by atoms with van der Waals surface area (Å²) >= 11 is 0. The fourth-order valence-electron chi connectivity index (χ4n) is 2.42. The van der Waals surface area contributed by atoms with Crippen LogP contribution in [-0.2, 0) is 16.0 Å². The second-order valence-electron chi connectivity index (χ2n) is 5.90. The minimum Gasteiger partial charge on any atom is -0.345 e. The third kappa shape index (κ3) is 3.88. The Morgan fingerprint density at radius 2 is 1.85 bits per heavy atom. The van der Waals surface area contributed by atoms with Gasteiger partial charge in [-0.2, -0.15) is 5.10 Å². The first-order valence-electron chi connectivity index (χ1n) is 8.23. The molecule has 1 saturated carbocycles. The number of halogens is 1. The minimum absolute atomic E-state index is 0.0459. The number of nitrogens with zero attached hydrogens (tertiary/aromatic N) is 2. The lowest BCUT2D eigenvalue weighted by molar-refractivity contribution is -0.139. The smallest absolute Gasteiger partial charge is 0.327 e. The summed E-state index contributed by atoms with van der Waals surface area (Å²) in [5.74, 6) is -2.69. The van der Waals surface area contributed by atoms with E-state index in [1.807, 2.05) is 6.92 Å². The highest BCUT2D eigenvalue weighted by Gasteiger charge is 2.26. The highest BCUT2D eigenvalue weighted by molar-refractivity contribution is 6.35. The van der Waals surface area contributed by atoms with Crippen LogP contribution in [0, 0.1) is 5.82 Å². The van der Waals surface area contributed by atoms with Crippen LogP contribution in [0.3, 0.4) is 0 Å². The van der Waals surface area contributed by atoms with Gasteiger partial charge >= 0.3 is 11.8 Å². The van der Waals surface area contributed by atoms with E-state index in [0.717, 1.165) is 12.8 Å². The number of benzene rings is 1. The van der Waals surface area contributed by atoms with Crippen LogP contribution in [0.2, 0.25) is 0 Å². The largest absolute Gasteiger partial charge is 0.345 e. The number of hydrogen-bond acceptors (Lipinski definition) is 4.